The molecule has 0 radical (unpaired) electrons. The maximum atomic E-state index is 12.7. The molecule has 0 saturated carbocycles. The number of hydrogen-bond donors (Lipinski definition) is 2. The van der Waals surface area contributed by atoms with E-state index in [4.69, 9.17) is 16.3 Å². The Balaban J connectivity index is 1.69. The van der Waals surface area contributed by atoms with Crippen molar-refractivity contribution in [3.63, 3.8) is 0 Å². The molecule has 1 aliphatic rings. The Hall–Kier alpha value is -2.44. The molecule has 0 saturated heterocycles. The van der Waals surface area contributed by atoms with Crippen LogP contribution in [-0.4, -0.2) is 30.7 Å². The Labute approximate surface area is 173 Å². The van der Waals surface area contributed by atoms with E-state index in [1.54, 1.807) is 25.1 Å². The van der Waals surface area contributed by atoms with Crippen LogP contribution in [0.4, 0.5) is 5.69 Å². The molecule has 2 N–H and O–H groups in total. The number of thioether (sulfide) groups is 1. The van der Waals surface area contributed by atoms with Crippen molar-refractivity contribution in [2.24, 2.45) is 0 Å². The van der Waals surface area contributed by atoms with Gasteiger partial charge in [-0.3, -0.25) is 9.59 Å². The quantitative estimate of drug-likeness (QED) is 0.738. The number of anilines is 1. The SMILES string of the molecule is CC1=C(C(=O)Nc2ccc(Cl)cc2C(=O)NCCc2ccccc2)SCCO1. The molecule has 1 aliphatic heterocycles. The van der Waals surface area contributed by atoms with Crippen molar-refractivity contribution in [2.45, 2.75) is 13.3 Å². The van der Waals surface area contributed by atoms with Crippen molar-refractivity contribution in [1.82, 2.24) is 5.32 Å². The highest BCUT2D eigenvalue weighted by Gasteiger charge is 2.21. The summed E-state index contributed by atoms with van der Waals surface area (Å²) in [7, 11) is 0. The number of carbonyl (C=O) groups is 2. The van der Waals surface area contributed by atoms with E-state index in [-0.39, 0.29) is 11.8 Å². The molecule has 2 aromatic carbocycles. The van der Waals surface area contributed by atoms with Crippen molar-refractivity contribution in [3.8, 4) is 0 Å². The average molecular weight is 417 g/mol. The molecule has 0 fully saturated rings. The Kier molecular flexibility index (Phi) is 7.01. The van der Waals surface area contributed by atoms with Crippen LogP contribution in [0.3, 0.4) is 0 Å². The molecule has 28 heavy (non-hydrogen) atoms. The minimum atomic E-state index is -0.289. The first kappa shape index (κ1) is 20.3. The lowest BCUT2D eigenvalue weighted by molar-refractivity contribution is -0.112. The Bertz CT molecular complexity index is 900. The number of rotatable bonds is 6. The zero-order chi connectivity index (χ0) is 19.9. The molecule has 2 amide bonds. The molecule has 0 atom stereocenters. The highest BCUT2D eigenvalue weighted by molar-refractivity contribution is 8.04. The van der Waals surface area contributed by atoms with Crippen molar-refractivity contribution >= 4 is 40.9 Å². The summed E-state index contributed by atoms with van der Waals surface area (Å²) < 4.78 is 5.44. The predicted molar refractivity (Wildman–Crippen MR) is 114 cm³/mol. The molecule has 1 heterocycles. The van der Waals surface area contributed by atoms with E-state index < -0.39 is 0 Å². The van der Waals surface area contributed by atoms with Crippen molar-refractivity contribution in [3.05, 3.63) is 75.3 Å². The molecule has 0 spiro atoms. The Morgan fingerprint density at radius 1 is 1.14 bits per heavy atom. The first-order chi connectivity index (χ1) is 13.5. The summed E-state index contributed by atoms with van der Waals surface area (Å²) >= 11 is 7.52. The van der Waals surface area contributed by atoms with E-state index in [0.717, 1.165) is 12.0 Å². The van der Waals surface area contributed by atoms with Gasteiger partial charge in [-0.2, -0.15) is 0 Å². The number of benzene rings is 2. The molecule has 7 heteroatoms. The van der Waals surface area contributed by atoms with Crippen molar-refractivity contribution in [1.29, 1.82) is 0 Å². The van der Waals surface area contributed by atoms with Gasteiger partial charge in [-0.1, -0.05) is 41.9 Å². The first-order valence-electron chi connectivity index (χ1n) is 8.94. The highest BCUT2D eigenvalue weighted by atomic mass is 35.5. The zero-order valence-corrected chi connectivity index (χ0v) is 17.0. The third kappa shape index (κ3) is 5.30. The second-order valence-electron chi connectivity index (χ2n) is 6.22. The second kappa shape index (κ2) is 9.66. The highest BCUT2D eigenvalue weighted by Crippen LogP contribution is 2.28. The normalized spacial score (nSPS) is 13.6. The van der Waals surface area contributed by atoms with Gasteiger partial charge in [0.25, 0.3) is 11.8 Å². The van der Waals surface area contributed by atoms with Gasteiger partial charge in [-0.15, -0.1) is 11.8 Å². The van der Waals surface area contributed by atoms with Crippen LogP contribution >= 0.6 is 23.4 Å². The van der Waals surface area contributed by atoms with Gasteiger partial charge in [0.15, 0.2) is 0 Å². The maximum Gasteiger partial charge on any atom is 0.265 e. The number of carbonyl (C=O) groups excluding carboxylic acids is 2. The van der Waals surface area contributed by atoms with Crippen LogP contribution in [0, 0.1) is 0 Å². The largest absolute Gasteiger partial charge is 0.496 e. The molecule has 5 nitrogen and oxygen atoms in total. The van der Waals surface area contributed by atoms with Gasteiger partial charge in [0, 0.05) is 17.3 Å². The smallest absolute Gasteiger partial charge is 0.265 e. The summed E-state index contributed by atoms with van der Waals surface area (Å²) in [6.07, 6.45) is 0.717. The number of halogens is 1. The predicted octanol–water partition coefficient (Wildman–Crippen LogP) is 4.25. The van der Waals surface area contributed by atoms with Crippen LogP contribution in [0.15, 0.2) is 59.2 Å². The van der Waals surface area contributed by atoms with Crippen molar-refractivity contribution in [2.75, 3.05) is 24.2 Å². The minimum Gasteiger partial charge on any atom is -0.496 e. The average Bonchev–Trinajstić information content (AvgIpc) is 2.70. The monoisotopic (exact) mass is 416 g/mol. The van der Waals surface area contributed by atoms with Gasteiger partial charge in [-0.25, -0.2) is 0 Å². The molecule has 0 bridgehead atoms. The van der Waals surface area contributed by atoms with Crippen LogP contribution < -0.4 is 10.6 Å². The molecule has 0 unspecified atom stereocenters. The third-order valence-corrected chi connectivity index (χ3v) is 5.56. The molecular weight excluding hydrogens is 396 g/mol. The van der Waals surface area contributed by atoms with Gasteiger partial charge >= 0.3 is 0 Å². The molecule has 0 aromatic heterocycles. The first-order valence-corrected chi connectivity index (χ1v) is 10.3. The summed E-state index contributed by atoms with van der Waals surface area (Å²) in [5.41, 5.74) is 1.88. The third-order valence-electron chi connectivity index (χ3n) is 4.19. The summed E-state index contributed by atoms with van der Waals surface area (Å²) in [5, 5.41) is 6.12. The maximum absolute atomic E-state index is 12.7. The standard InChI is InChI=1S/C21H21ClN2O3S/c1-14-19(28-12-11-27-14)21(26)24-18-8-7-16(22)13-17(18)20(25)23-10-9-15-5-3-2-4-6-15/h2-8,13H,9-12H2,1H3,(H,23,25)(H,24,26). The Morgan fingerprint density at radius 2 is 1.93 bits per heavy atom. The summed E-state index contributed by atoms with van der Waals surface area (Å²) in [6, 6.07) is 14.7. The summed E-state index contributed by atoms with van der Waals surface area (Å²) in [4.78, 5) is 25.8. The molecular formula is C21H21ClN2O3S. The fraction of sp³-hybridized carbons (Fsp3) is 0.238. The van der Waals surface area contributed by atoms with Crippen LogP contribution in [0.2, 0.25) is 5.02 Å². The lowest BCUT2D eigenvalue weighted by Crippen LogP contribution is -2.27. The minimum absolute atomic E-state index is 0.285. The van der Waals surface area contributed by atoms with Crippen LogP contribution in [-0.2, 0) is 16.0 Å². The van der Waals surface area contributed by atoms with E-state index >= 15 is 0 Å². The number of nitrogens with one attached hydrogen (secondary N) is 2. The number of amides is 2. The van der Waals surface area contributed by atoms with Gasteiger partial charge in [0.1, 0.15) is 10.7 Å². The van der Waals surface area contributed by atoms with E-state index in [2.05, 4.69) is 10.6 Å². The second-order valence-corrected chi connectivity index (χ2v) is 7.76. The molecule has 146 valence electrons. The lowest BCUT2D eigenvalue weighted by atomic mass is 10.1. The van der Waals surface area contributed by atoms with Crippen LogP contribution in [0.5, 0.6) is 0 Å². The van der Waals surface area contributed by atoms with E-state index in [9.17, 15) is 9.59 Å². The lowest BCUT2D eigenvalue weighted by Gasteiger charge is -2.18. The zero-order valence-electron chi connectivity index (χ0n) is 15.5. The fourth-order valence-electron chi connectivity index (χ4n) is 2.78. The van der Waals surface area contributed by atoms with Crippen LogP contribution in [0.25, 0.3) is 0 Å². The van der Waals surface area contributed by atoms with Crippen LogP contribution in [0.1, 0.15) is 22.8 Å². The molecule has 0 aliphatic carbocycles. The summed E-state index contributed by atoms with van der Waals surface area (Å²) in [6.45, 7) is 2.83. The van der Waals surface area contributed by atoms with E-state index in [1.165, 1.54) is 11.8 Å². The number of hydrogen-bond acceptors (Lipinski definition) is 4. The van der Waals surface area contributed by atoms with Gasteiger partial charge in [0.2, 0.25) is 0 Å². The molecule has 2 aromatic rings. The number of ether oxygens (including phenoxy) is 1. The van der Waals surface area contributed by atoms with Crippen molar-refractivity contribution < 1.29 is 14.3 Å². The molecule has 3 rings (SSSR count). The summed E-state index contributed by atoms with van der Waals surface area (Å²) in [5.74, 6) is 0.736. The van der Waals surface area contributed by atoms with Gasteiger partial charge < -0.3 is 15.4 Å². The fourth-order valence-corrected chi connectivity index (χ4v) is 3.77. The van der Waals surface area contributed by atoms with Gasteiger partial charge in [-0.05, 0) is 37.1 Å². The van der Waals surface area contributed by atoms with E-state index in [1.807, 2.05) is 30.3 Å². The topological polar surface area (TPSA) is 67.4 Å². The number of allylic oxidation sites excluding steroid dienone is 1. The Morgan fingerprint density at radius 3 is 2.68 bits per heavy atom. The van der Waals surface area contributed by atoms with Gasteiger partial charge in [0.05, 0.1) is 17.9 Å². The van der Waals surface area contributed by atoms with E-state index in [0.29, 0.717) is 45.8 Å².